The fourth-order valence-corrected chi connectivity index (χ4v) is 6.28. The second-order valence-corrected chi connectivity index (χ2v) is 6.97. The Morgan fingerprint density at radius 1 is 0.875 bits per heavy atom. The number of aliphatic hydroxyl groups excluding tert-OH is 2. The normalized spacial score (nSPS) is 55.9. The molecule has 0 saturated heterocycles. The van der Waals surface area contributed by atoms with Crippen molar-refractivity contribution >= 4 is 0 Å². The first kappa shape index (κ1) is 9.90. The Bertz CT molecular complexity index is 310. The largest absolute Gasteiger partial charge is 0.396 e. The summed E-state index contributed by atoms with van der Waals surface area (Å²) in [6.07, 6.45) is 6.79. The predicted molar refractivity (Wildman–Crippen MR) is 60.6 cm³/mol. The minimum atomic E-state index is -0.101. The average molecular weight is 222 g/mol. The van der Waals surface area contributed by atoms with E-state index in [9.17, 15) is 10.2 Å². The van der Waals surface area contributed by atoms with Crippen molar-refractivity contribution in [3.05, 3.63) is 0 Å². The monoisotopic (exact) mass is 222 g/mol. The first-order chi connectivity index (χ1) is 7.79. The Morgan fingerprint density at radius 2 is 1.56 bits per heavy atom. The molecule has 0 radical (unpaired) electrons. The van der Waals surface area contributed by atoms with Crippen molar-refractivity contribution in [1.29, 1.82) is 0 Å². The minimum absolute atomic E-state index is 0.101. The van der Waals surface area contributed by atoms with E-state index in [2.05, 4.69) is 0 Å². The van der Waals surface area contributed by atoms with E-state index < -0.39 is 0 Å². The topological polar surface area (TPSA) is 40.5 Å². The van der Waals surface area contributed by atoms with Crippen LogP contribution < -0.4 is 0 Å². The van der Waals surface area contributed by atoms with Crippen LogP contribution in [-0.4, -0.2) is 23.4 Å². The highest BCUT2D eigenvalue weighted by atomic mass is 16.3. The van der Waals surface area contributed by atoms with Crippen molar-refractivity contribution in [2.45, 2.75) is 32.1 Å². The SMILES string of the molecule is OCC1(CO)CC2CC1C1C3CCC(C3)C21. The van der Waals surface area contributed by atoms with Crippen LogP contribution in [0.2, 0.25) is 0 Å². The van der Waals surface area contributed by atoms with Crippen LogP contribution in [0.1, 0.15) is 32.1 Å². The molecular weight excluding hydrogens is 200 g/mol. The lowest BCUT2D eigenvalue weighted by atomic mass is 9.61. The summed E-state index contributed by atoms with van der Waals surface area (Å²) in [5.74, 6) is 5.30. The number of rotatable bonds is 2. The third-order valence-corrected chi connectivity index (χ3v) is 6.70. The molecule has 4 fully saturated rings. The molecule has 0 heterocycles. The molecule has 16 heavy (non-hydrogen) atoms. The van der Waals surface area contributed by atoms with Gasteiger partial charge in [0.25, 0.3) is 0 Å². The van der Waals surface area contributed by atoms with Gasteiger partial charge >= 0.3 is 0 Å². The molecule has 4 rings (SSSR count). The number of aliphatic hydroxyl groups is 2. The molecule has 4 bridgehead atoms. The number of hydrogen-bond donors (Lipinski definition) is 2. The summed E-state index contributed by atoms with van der Waals surface area (Å²) in [6, 6.07) is 0. The van der Waals surface area contributed by atoms with Crippen molar-refractivity contribution in [3.63, 3.8) is 0 Å². The lowest BCUT2D eigenvalue weighted by Crippen LogP contribution is -2.44. The van der Waals surface area contributed by atoms with Crippen LogP contribution in [-0.2, 0) is 0 Å². The maximum atomic E-state index is 9.67. The molecule has 6 atom stereocenters. The van der Waals surface area contributed by atoms with Gasteiger partial charge in [0.15, 0.2) is 0 Å². The van der Waals surface area contributed by atoms with Crippen LogP contribution in [0, 0.1) is 40.9 Å². The first-order valence-electron chi connectivity index (χ1n) is 7.01. The number of hydrogen-bond acceptors (Lipinski definition) is 2. The second kappa shape index (κ2) is 3.02. The van der Waals surface area contributed by atoms with Gasteiger partial charge < -0.3 is 10.2 Å². The predicted octanol–water partition coefficient (Wildman–Crippen LogP) is 1.66. The van der Waals surface area contributed by atoms with E-state index in [1.54, 1.807) is 0 Å². The minimum Gasteiger partial charge on any atom is -0.396 e. The van der Waals surface area contributed by atoms with Gasteiger partial charge in [0.1, 0.15) is 0 Å². The summed E-state index contributed by atoms with van der Waals surface area (Å²) in [4.78, 5) is 0. The average Bonchev–Trinajstić information content (AvgIpc) is 3.05. The zero-order chi connectivity index (χ0) is 10.9. The lowest BCUT2D eigenvalue weighted by Gasteiger charge is -2.44. The molecular formula is C14H22O2. The van der Waals surface area contributed by atoms with E-state index in [4.69, 9.17) is 0 Å². The van der Waals surface area contributed by atoms with Gasteiger partial charge in [0.2, 0.25) is 0 Å². The molecule has 2 nitrogen and oxygen atoms in total. The van der Waals surface area contributed by atoms with E-state index in [1.165, 1.54) is 25.7 Å². The highest BCUT2D eigenvalue weighted by Gasteiger charge is 2.66. The van der Waals surface area contributed by atoms with Gasteiger partial charge in [-0.2, -0.15) is 0 Å². The Balaban J connectivity index is 1.70. The number of fused-ring (bicyclic) bond motifs is 9. The molecule has 4 aliphatic rings. The smallest absolute Gasteiger partial charge is 0.0512 e. The van der Waals surface area contributed by atoms with Crippen molar-refractivity contribution in [2.75, 3.05) is 13.2 Å². The van der Waals surface area contributed by atoms with Gasteiger partial charge in [-0.05, 0) is 67.6 Å². The fourth-order valence-electron chi connectivity index (χ4n) is 6.28. The Hall–Kier alpha value is -0.0800. The maximum Gasteiger partial charge on any atom is 0.0512 e. The standard InChI is InChI=1S/C14H22O2/c15-6-14(7-16)5-10-4-11(14)13-9-2-1-8(3-9)12(10)13/h8-13,15-16H,1-7H2. The van der Waals surface area contributed by atoms with E-state index in [0.717, 1.165) is 36.0 Å². The van der Waals surface area contributed by atoms with Crippen LogP contribution >= 0.6 is 0 Å². The molecule has 2 heteroatoms. The summed E-state index contributed by atoms with van der Waals surface area (Å²) >= 11 is 0. The summed E-state index contributed by atoms with van der Waals surface area (Å²) in [5.41, 5.74) is -0.101. The lowest BCUT2D eigenvalue weighted by molar-refractivity contribution is -0.0430. The van der Waals surface area contributed by atoms with Gasteiger partial charge in [-0.1, -0.05) is 0 Å². The van der Waals surface area contributed by atoms with E-state index in [-0.39, 0.29) is 18.6 Å². The third-order valence-electron chi connectivity index (χ3n) is 6.70. The molecule has 0 aromatic carbocycles. The first-order valence-corrected chi connectivity index (χ1v) is 7.01. The van der Waals surface area contributed by atoms with Gasteiger partial charge in [-0.15, -0.1) is 0 Å². The molecule has 0 aliphatic heterocycles. The van der Waals surface area contributed by atoms with Crippen LogP contribution in [0.5, 0.6) is 0 Å². The molecule has 0 spiro atoms. The van der Waals surface area contributed by atoms with Gasteiger partial charge in [-0.25, -0.2) is 0 Å². The second-order valence-electron chi connectivity index (χ2n) is 6.97. The highest BCUT2D eigenvalue weighted by molar-refractivity contribution is 5.14. The van der Waals surface area contributed by atoms with Crippen molar-refractivity contribution in [3.8, 4) is 0 Å². The van der Waals surface area contributed by atoms with E-state index in [1.807, 2.05) is 0 Å². The molecule has 4 aliphatic carbocycles. The van der Waals surface area contributed by atoms with E-state index in [0.29, 0.717) is 5.92 Å². The molecule has 6 unspecified atom stereocenters. The van der Waals surface area contributed by atoms with Crippen molar-refractivity contribution in [2.24, 2.45) is 40.9 Å². The Labute approximate surface area is 97.0 Å². The molecule has 0 aromatic heterocycles. The Kier molecular flexibility index (Phi) is 1.87. The van der Waals surface area contributed by atoms with Crippen LogP contribution in [0.25, 0.3) is 0 Å². The van der Waals surface area contributed by atoms with Gasteiger partial charge in [0.05, 0.1) is 13.2 Å². The third kappa shape index (κ3) is 0.932. The molecule has 90 valence electrons. The molecule has 0 aromatic rings. The van der Waals surface area contributed by atoms with Gasteiger partial charge in [-0.3, -0.25) is 0 Å². The molecule has 4 saturated carbocycles. The van der Waals surface area contributed by atoms with Crippen LogP contribution in [0.15, 0.2) is 0 Å². The van der Waals surface area contributed by atoms with Crippen molar-refractivity contribution in [1.82, 2.24) is 0 Å². The summed E-state index contributed by atoms with van der Waals surface area (Å²) < 4.78 is 0. The molecule has 2 N–H and O–H groups in total. The Morgan fingerprint density at radius 3 is 2.25 bits per heavy atom. The molecule has 0 amide bonds. The zero-order valence-corrected chi connectivity index (χ0v) is 9.81. The van der Waals surface area contributed by atoms with Crippen molar-refractivity contribution < 1.29 is 10.2 Å². The fraction of sp³-hybridized carbons (Fsp3) is 1.00. The van der Waals surface area contributed by atoms with Crippen LogP contribution in [0.3, 0.4) is 0 Å². The summed E-state index contributed by atoms with van der Waals surface area (Å²) in [5, 5.41) is 19.3. The summed E-state index contributed by atoms with van der Waals surface area (Å²) in [6.45, 7) is 0.427. The van der Waals surface area contributed by atoms with E-state index >= 15 is 0 Å². The van der Waals surface area contributed by atoms with Crippen LogP contribution in [0.4, 0.5) is 0 Å². The zero-order valence-electron chi connectivity index (χ0n) is 9.81. The maximum absolute atomic E-state index is 9.67. The van der Waals surface area contributed by atoms with Gasteiger partial charge in [0, 0.05) is 5.41 Å². The highest BCUT2D eigenvalue weighted by Crippen LogP contribution is 2.71. The summed E-state index contributed by atoms with van der Waals surface area (Å²) in [7, 11) is 0. The quantitative estimate of drug-likeness (QED) is 0.698.